The van der Waals surface area contributed by atoms with Crippen LogP contribution in [0.25, 0.3) is 10.2 Å². The van der Waals surface area contributed by atoms with Gasteiger partial charge in [-0.2, -0.15) is 5.10 Å². The van der Waals surface area contributed by atoms with Crippen molar-refractivity contribution in [1.82, 2.24) is 14.7 Å². The summed E-state index contributed by atoms with van der Waals surface area (Å²) in [5, 5.41) is 8.61. The summed E-state index contributed by atoms with van der Waals surface area (Å²) < 4.78 is 1.85. The van der Waals surface area contributed by atoms with Crippen molar-refractivity contribution in [3.63, 3.8) is 0 Å². The van der Waals surface area contributed by atoms with Crippen molar-refractivity contribution in [2.75, 3.05) is 12.4 Å². The van der Waals surface area contributed by atoms with Crippen molar-refractivity contribution in [3.05, 3.63) is 46.5 Å². The van der Waals surface area contributed by atoms with Gasteiger partial charge in [-0.1, -0.05) is 37.5 Å². The molecule has 1 saturated carbocycles. The Kier molecular flexibility index (Phi) is 5.51. The van der Waals surface area contributed by atoms with E-state index in [-0.39, 0.29) is 5.91 Å². The Balaban J connectivity index is 1.51. The van der Waals surface area contributed by atoms with Crippen LogP contribution in [0.2, 0.25) is 0 Å². The average Bonchev–Trinajstić information content (AvgIpc) is 3.26. The Hall–Kier alpha value is -2.18. The molecule has 1 aromatic carbocycles. The summed E-state index contributed by atoms with van der Waals surface area (Å²) in [5.41, 5.74) is 3.03. The fourth-order valence-electron chi connectivity index (χ4n) is 4.20. The molecule has 4 rings (SSSR count). The molecule has 0 aliphatic heterocycles. The number of hydrogen-bond acceptors (Lipinski definition) is 4. The lowest BCUT2D eigenvalue weighted by molar-refractivity contribution is 0.103. The van der Waals surface area contributed by atoms with Gasteiger partial charge in [-0.25, -0.2) is 0 Å². The van der Waals surface area contributed by atoms with Gasteiger partial charge >= 0.3 is 0 Å². The van der Waals surface area contributed by atoms with E-state index in [1.807, 2.05) is 42.9 Å². The first kappa shape index (κ1) is 19.2. The van der Waals surface area contributed by atoms with Crippen LogP contribution in [-0.4, -0.2) is 33.7 Å². The molecule has 28 heavy (non-hydrogen) atoms. The molecule has 1 aliphatic rings. The number of hydrogen-bond donors (Lipinski definition) is 1. The number of para-hydroxylation sites is 1. The summed E-state index contributed by atoms with van der Waals surface area (Å²) in [6, 6.07) is 10.8. The number of carbonyl (C=O) groups is 1. The van der Waals surface area contributed by atoms with Crippen LogP contribution in [0.5, 0.6) is 0 Å². The molecule has 0 spiro atoms. The monoisotopic (exact) mass is 396 g/mol. The van der Waals surface area contributed by atoms with Crippen molar-refractivity contribution >= 4 is 33.1 Å². The van der Waals surface area contributed by atoms with E-state index in [0.29, 0.717) is 6.04 Å². The number of amides is 1. The van der Waals surface area contributed by atoms with Gasteiger partial charge in [0.15, 0.2) is 0 Å². The molecule has 5 nitrogen and oxygen atoms in total. The van der Waals surface area contributed by atoms with Gasteiger partial charge in [-0.05, 0) is 44.5 Å². The molecule has 2 aromatic heterocycles. The maximum atomic E-state index is 12.9. The lowest BCUT2D eigenvalue weighted by Gasteiger charge is -2.31. The number of nitrogens with zero attached hydrogens (tertiary/aromatic N) is 3. The lowest BCUT2D eigenvalue weighted by Crippen LogP contribution is -2.33. The second-order valence-corrected chi connectivity index (χ2v) is 8.89. The largest absolute Gasteiger partial charge is 0.321 e. The third-order valence-electron chi connectivity index (χ3n) is 5.80. The molecular formula is C22H28N4OS. The molecule has 1 aliphatic carbocycles. The van der Waals surface area contributed by atoms with Crippen LogP contribution in [0.15, 0.2) is 30.3 Å². The number of aryl methyl sites for hydroxylation is 2. The highest BCUT2D eigenvalue weighted by atomic mass is 32.1. The zero-order valence-electron chi connectivity index (χ0n) is 16.9. The summed E-state index contributed by atoms with van der Waals surface area (Å²) in [7, 11) is 4.13. The Morgan fingerprint density at radius 2 is 2.04 bits per heavy atom. The highest BCUT2D eigenvalue weighted by molar-refractivity contribution is 7.20. The summed E-state index contributed by atoms with van der Waals surface area (Å²) >= 11 is 1.49. The number of thiophene rings is 1. The molecule has 6 heteroatoms. The van der Waals surface area contributed by atoms with Gasteiger partial charge in [0.05, 0.1) is 10.6 Å². The molecule has 0 bridgehead atoms. The van der Waals surface area contributed by atoms with E-state index < -0.39 is 0 Å². The Morgan fingerprint density at radius 1 is 1.29 bits per heavy atom. The van der Waals surface area contributed by atoms with Gasteiger partial charge in [0.1, 0.15) is 4.83 Å². The minimum absolute atomic E-state index is 0.0478. The third-order valence-corrected chi connectivity index (χ3v) is 7.00. The standard InChI is InChI=1S/C22H28N4OS/c1-15-18-13-20(28-22(18)26(3)24-15)21(27)23-19-12-8-7-9-16(19)14-25(2)17-10-5-4-6-11-17/h7-9,12-13,17H,4-6,10-11,14H2,1-3H3,(H,23,27). The van der Waals surface area contributed by atoms with Gasteiger partial charge in [0, 0.05) is 30.7 Å². The number of carbonyl (C=O) groups excluding carboxylic acids is 1. The van der Waals surface area contributed by atoms with E-state index in [1.165, 1.54) is 49.0 Å². The molecule has 0 atom stereocenters. The predicted molar refractivity (Wildman–Crippen MR) is 116 cm³/mol. The van der Waals surface area contributed by atoms with Crippen LogP contribution in [0.1, 0.15) is 53.0 Å². The fourth-order valence-corrected chi connectivity index (χ4v) is 5.22. The topological polar surface area (TPSA) is 50.2 Å². The van der Waals surface area contributed by atoms with Gasteiger partial charge in [0.2, 0.25) is 0 Å². The summed E-state index contributed by atoms with van der Waals surface area (Å²) in [4.78, 5) is 17.1. The van der Waals surface area contributed by atoms with Gasteiger partial charge < -0.3 is 5.32 Å². The quantitative estimate of drug-likeness (QED) is 0.663. The minimum atomic E-state index is -0.0478. The Labute approximate surface area is 170 Å². The van der Waals surface area contributed by atoms with E-state index >= 15 is 0 Å². The van der Waals surface area contributed by atoms with E-state index in [1.54, 1.807) is 0 Å². The summed E-state index contributed by atoms with van der Waals surface area (Å²) in [5.74, 6) is -0.0478. The number of anilines is 1. The van der Waals surface area contributed by atoms with Crippen molar-refractivity contribution in [1.29, 1.82) is 0 Å². The highest BCUT2D eigenvalue weighted by Crippen LogP contribution is 2.29. The smallest absolute Gasteiger partial charge is 0.265 e. The fraction of sp³-hybridized carbons (Fsp3) is 0.455. The molecule has 1 amide bonds. The molecule has 0 saturated heterocycles. The van der Waals surface area contributed by atoms with Crippen LogP contribution in [0.3, 0.4) is 0 Å². The Bertz CT molecular complexity index is 949. The molecule has 1 fully saturated rings. The molecule has 3 aromatic rings. The van der Waals surface area contributed by atoms with E-state index in [9.17, 15) is 4.79 Å². The maximum absolute atomic E-state index is 12.9. The highest BCUT2D eigenvalue weighted by Gasteiger charge is 2.20. The summed E-state index contributed by atoms with van der Waals surface area (Å²) in [6.07, 6.45) is 6.57. The first-order valence-corrected chi connectivity index (χ1v) is 10.9. The number of rotatable bonds is 5. The second-order valence-electron chi connectivity index (χ2n) is 7.86. The molecule has 1 N–H and O–H groups in total. The van der Waals surface area contributed by atoms with Crippen molar-refractivity contribution in [3.8, 4) is 0 Å². The number of fused-ring (bicyclic) bond motifs is 1. The second kappa shape index (κ2) is 8.05. The van der Waals surface area contributed by atoms with Gasteiger partial charge in [0.25, 0.3) is 5.91 Å². The number of benzene rings is 1. The van der Waals surface area contributed by atoms with E-state index in [4.69, 9.17) is 0 Å². The van der Waals surface area contributed by atoms with Crippen LogP contribution in [0, 0.1) is 6.92 Å². The summed E-state index contributed by atoms with van der Waals surface area (Å²) in [6.45, 7) is 2.84. The normalized spacial score (nSPS) is 15.4. The lowest BCUT2D eigenvalue weighted by atomic mass is 9.94. The van der Waals surface area contributed by atoms with E-state index in [2.05, 4.69) is 28.4 Å². The molecule has 2 heterocycles. The zero-order chi connectivity index (χ0) is 19.7. The van der Waals surface area contributed by atoms with Gasteiger partial charge in [-0.15, -0.1) is 11.3 Å². The van der Waals surface area contributed by atoms with Crippen molar-refractivity contribution in [2.24, 2.45) is 7.05 Å². The van der Waals surface area contributed by atoms with Crippen molar-refractivity contribution < 1.29 is 4.79 Å². The average molecular weight is 397 g/mol. The first-order valence-electron chi connectivity index (χ1n) is 10.1. The van der Waals surface area contributed by atoms with Crippen LogP contribution in [0.4, 0.5) is 5.69 Å². The van der Waals surface area contributed by atoms with Crippen LogP contribution in [-0.2, 0) is 13.6 Å². The molecule has 0 unspecified atom stereocenters. The number of aromatic nitrogens is 2. The number of nitrogens with one attached hydrogen (secondary N) is 1. The van der Waals surface area contributed by atoms with E-state index in [0.717, 1.165) is 33.0 Å². The SMILES string of the molecule is Cc1nn(C)c2sc(C(=O)Nc3ccccc3CN(C)C3CCCCC3)cc12. The van der Waals surface area contributed by atoms with Crippen LogP contribution >= 0.6 is 11.3 Å². The van der Waals surface area contributed by atoms with Crippen molar-refractivity contribution in [2.45, 2.75) is 51.6 Å². The third kappa shape index (κ3) is 3.84. The zero-order valence-corrected chi connectivity index (χ0v) is 17.7. The molecular weight excluding hydrogens is 368 g/mol. The minimum Gasteiger partial charge on any atom is -0.321 e. The molecule has 0 radical (unpaired) electrons. The van der Waals surface area contributed by atoms with Gasteiger partial charge in [-0.3, -0.25) is 14.4 Å². The maximum Gasteiger partial charge on any atom is 0.265 e. The first-order chi connectivity index (χ1) is 13.5. The predicted octanol–water partition coefficient (Wildman–Crippen LogP) is 4.96. The van der Waals surface area contributed by atoms with Crippen LogP contribution < -0.4 is 5.32 Å². The Morgan fingerprint density at radius 3 is 2.79 bits per heavy atom. The molecule has 148 valence electrons.